The van der Waals surface area contributed by atoms with Gasteiger partial charge in [-0.25, -0.2) is 9.48 Å². The first-order valence-corrected chi connectivity index (χ1v) is 8.54. The van der Waals surface area contributed by atoms with Gasteiger partial charge in [-0.3, -0.25) is 9.48 Å². The molecule has 28 heavy (non-hydrogen) atoms. The molecule has 3 aromatic rings. The van der Waals surface area contributed by atoms with E-state index in [1.165, 1.54) is 16.5 Å². The molecule has 2 aromatic heterocycles. The molecular weight excluding hydrogens is 362 g/mol. The van der Waals surface area contributed by atoms with Crippen LogP contribution in [0.15, 0.2) is 36.4 Å². The van der Waals surface area contributed by atoms with Gasteiger partial charge in [0.2, 0.25) is 5.88 Å². The van der Waals surface area contributed by atoms with Gasteiger partial charge in [0, 0.05) is 20.2 Å². The molecule has 0 aliphatic carbocycles. The number of nitrogens with one attached hydrogen (secondary N) is 1. The fraction of sp³-hybridized carbons (Fsp3) is 0.263. The summed E-state index contributed by atoms with van der Waals surface area (Å²) in [4.78, 5) is 24.6. The predicted molar refractivity (Wildman–Crippen MR) is 101 cm³/mol. The maximum atomic E-state index is 12.6. The van der Waals surface area contributed by atoms with Crippen molar-refractivity contribution in [2.24, 2.45) is 14.1 Å². The number of hydrogen-bond donors (Lipinski definition) is 1. The minimum absolute atomic E-state index is 0.0346. The van der Waals surface area contributed by atoms with E-state index in [0.29, 0.717) is 18.2 Å². The van der Waals surface area contributed by atoms with E-state index in [0.717, 1.165) is 5.56 Å². The summed E-state index contributed by atoms with van der Waals surface area (Å²) in [6, 6.07) is 11.2. The Balaban J connectivity index is 1.76. The number of nitrogens with zero attached hydrogens (tertiary/aromatic N) is 4. The fourth-order valence-corrected chi connectivity index (χ4v) is 2.60. The molecule has 2 heterocycles. The average Bonchev–Trinajstić information content (AvgIpc) is 3.21. The summed E-state index contributed by atoms with van der Waals surface area (Å²) in [6.07, 6.45) is 0. The number of hydrogen-bond acceptors (Lipinski definition) is 6. The Hall–Kier alpha value is -3.62. The zero-order valence-corrected chi connectivity index (χ0v) is 16.1. The van der Waals surface area contributed by atoms with Crippen LogP contribution in [0.1, 0.15) is 32.2 Å². The third-order valence-corrected chi connectivity index (χ3v) is 4.25. The van der Waals surface area contributed by atoms with E-state index < -0.39 is 11.9 Å². The van der Waals surface area contributed by atoms with E-state index in [-0.39, 0.29) is 17.1 Å². The predicted octanol–water partition coefficient (Wildman–Crippen LogP) is 2.08. The molecule has 146 valence electrons. The number of benzene rings is 1. The topological polar surface area (TPSA) is 100 Å². The van der Waals surface area contributed by atoms with Gasteiger partial charge in [0.25, 0.3) is 5.91 Å². The lowest BCUT2D eigenvalue weighted by molar-refractivity contribution is 0.0594. The highest BCUT2D eigenvalue weighted by atomic mass is 16.5. The second-order valence-corrected chi connectivity index (χ2v) is 6.14. The van der Waals surface area contributed by atoms with Crippen LogP contribution in [-0.2, 0) is 25.4 Å². The first-order valence-electron chi connectivity index (χ1n) is 8.54. The summed E-state index contributed by atoms with van der Waals surface area (Å²) < 4.78 is 13.4. The second kappa shape index (κ2) is 7.95. The Bertz CT molecular complexity index is 1010. The van der Waals surface area contributed by atoms with Gasteiger partial charge in [-0.1, -0.05) is 30.3 Å². The van der Waals surface area contributed by atoms with Gasteiger partial charge >= 0.3 is 5.97 Å². The zero-order valence-electron chi connectivity index (χ0n) is 16.1. The van der Waals surface area contributed by atoms with E-state index in [1.54, 1.807) is 27.1 Å². The smallest absolute Gasteiger partial charge is 0.360 e. The zero-order chi connectivity index (χ0) is 20.3. The molecule has 0 unspecified atom stereocenters. The Labute approximate surface area is 161 Å². The molecule has 0 fully saturated rings. The van der Waals surface area contributed by atoms with Crippen LogP contribution in [-0.4, -0.2) is 38.5 Å². The van der Waals surface area contributed by atoms with E-state index >= 15 is 0 Å². The normalized spacial score (nSPS) is 10.6. The minimum atomic E-state index is -0.632. The first-order chi connectivity index (χ1) is 13.4. The number of carbonyl (C=O) groups is 2. The molecule has 1 amide bonds. The Kier molecular flexibility index (Phi) is 5.44. The van der Waals surface area contributed by atoms with Crippen LogP contribution >= 0.6 is 0 Å². The van der Waals surface area contributed by atoms with Crippen LogP contribution in [0.4, 0.5) is 5.69 Å². The van der Waals surface area contributed by atoms with Crippen LogP contribution in [0.2, 0.25) is 0 Å². The molecule has 0 atom stereocenters. The van der Waals surface area contributed by atoms with Gasteiger partial charge in [-0.15, -0.1) is 0 Å². The number of aryl methyl sites for hydroxylation is 2. The number of ether oxygens (including phenoxy) is 2. The fourth-order valence-electron chi connectivity index (χ4n) is 2.60. The largest absolute Gasteiger partial charge is 0.473 e. The summed E-state index contributed by atoms with van der Waals surface area (Å²) in [5.41, 5.74) is 2.10. The quantitative estimate of drug-likeness (QED) is 0.654. The summed E-state index contributed by atoms with van der Waals surface area (Å²) in [5.74, 6) is -0.663. The van der Waals surface area contributed by atoms with E-state index in [9.17, 15) is 9.59 Å². The molecule has 9 heteroatoms. The molecule has 9 nitrogen and oxygen atoms in total. The van der Waals surface area contributed by atoms with Crippen molar-refractivity contribution in [3.05, 3.63) is 59.0 Å². The lowest BCUT2D eigenvalue weighted by Crippen LogP contribution is -2.16. The number of esters is 1. The monoisotopic (exact) mass is 383 g/mol. The number of rotatable bonds is 6. The third kappa shape index (κ3) is 3.88. The highest BCUT2D eigenvalue weighted by Crippen LogP contribution is 2.22. The van der Waals surface area contributed by atoms with E-state index in [4.69, 9.17) is 9.47 Å². The summed E-state index contributed by atoms with van der Waals surface area (Å²) in [6.45, 7) is 2.09. The Morgan fingerprint density at radius 2 is 1.82 bits per heavy atom. The first kappa shape index (κ1) is 19.2. The van der Waals surface area contributed by atoms with Crippen LogP contribution < -0.4 is 10.1 Å². The standard InChI is InChI=1S/C19H21N5O4/c1-12-16(17(19(26)27-4)22-23(12)2)20-18(25)14-10-15(24(3)21-14)28-11-13-8-6-5-7-9-13/h5-10H,11H2,1-4H3,(H,20,25). The molecule has 0 spiro atoms. The molecular formula is C19H21N5O4. The van der Waals surface area contributed by atoms with Gasteiger partial charge in [0.05, 0.1) is 18.5 Å². The van der Waals surface area contributed by atoms with Crippen LogP contribution in [0.3, 0.4) is 0 Å². The number of anilines is 1. The number of carbonyl (C=O) groups excluding carboxylic acids is 2. The lowest BCUT2D eigenvalue weighted by atomic mass is 10.2. The maximum absolute atomic E-state index is 12.6. The van der Waals surface area contributed by atoms with Gasteiger partial charge in [-0.05, 0) is 12.5 Å². The SMILES string of the molecule is COC(=O)c1nn(C)c(C)c1NC(=O)c1cc(OCc2ccccc2)n(C)n1. The number of methoxy groups -OCH3 is 1. The van der Waals surface area contributed by atoms with Gasteiger partial charge in [0.1, 0.15) is 6.61 Å². The number of aromatic nitrogens is 4. The minimum Gasteiger partial charge on any atom is -0.473 e. The summed E-state index contributed by atoms with van der Waals surface area (Å²) in [5, 5.41) is 11.0. The van der Waals surface area contributed by atoms with Crippen molar-refractivity contribution in [1.82, 2.24) is 19.6 Å². The molecule has 0 bridgehead atoms. The molecule has 0 saturated heterocycles. The van der Waals surface area contributed by atoms with Crippen molar-refractivity contribution >= 4 is 17.6 Å². The maximum Gasteiger partial charge on any atom is 0.360 e. The van der Waals surface area contributed by atoms with E-state index in [1.807, 2.05) is 30.3 Å². The van der Waals surface area contributed by atoms with Crippen LogP contribution in [0, 0.1) is 6.92 Å². The Morgan fingerprint density at radius 3 is 2.50 bits per heavy atom. The van der Waals surface area contributed by atoms with Crippen molar-refractivity contribution in [3.8, 4) is 5.88 Å². The molecule has 0 aliphatic heterocycles. The van der Waals surface area contributed by atoms with E-state index in [2.05, 4.69) is 15.5 Å². The van der Waals surface area contributed by atoms with Crippen molar-refractivity contribution in [3.63, 3.8) is 0 Å². The molecule has 1 N–H and O–H groups in total. The molecule has 1 aromatic carbocycles. The van der Waals surface area contributed by atoms with Crippen LogP contribution in [0.25, 0.3) is 0 Å². The van der Waals surface area contributed by atoms with Gasteiger partial charge < -0.3 is 14.8 Å². The summed E-state index contributed by atoms with van der Waals surface area (Å²) >= 11 is 0. The lowest BCUT2D eigenvalue weighted by Gasteiger charge is -2.05. The molecule has 0 aliphatic rings. The molecule has 3 rings (SSSR count). The van der Waals surface area contributed by atoms with Crippen molar-refractivity contribution < 1.29 is 19.1 Å². The van der Waals surface area contributed by atoms with Crippen molar-refractivity contribution in [2.75, 3.05) is 12.4 Å². The Morgan fingerprint density at radius 1 is 1.11 bits per heavy atom. The van der Waals surface area contributed by atoms with Gasteiger partial charge in [0.15, 0.2) is 11.4 Å². The summed E-state index contributed by atoms with van der Waals surface area (Å²) in [7, 11) is 4.62. The van der Waals surface area contributed by atoms with Crippen LogP contribution in [0.5, 0.6) is 5.88 Å². The second-order valence-electron chi connectivity index (χ2n) is 6.14. The highest BCUT2D eigenvalue weighted by Gasteiger charge is 2.23. The molecule has 0 saturated carbocycles. The average molecular weight is 383 g/mol. The van der Waals surface area contributed by atoms with Crippen molar-refractivity contribution in [1.29, 1.82) is 0 Å². The molecule has 0 radical (unpaired) electrons. The number of amides is 1. The highest BCUT2D eigenvalue weighted by molar-refractivity contribution is 6.07. The van der Waals surface area contributed by atoms with Gasteiger partial charge in [-0.2, -0.15) is 10.2 Å². The van der Waals surface area contributed by atoms with Crippen molar-refractivity contribution in [2.45, 2.75) is 13.5 Å². The third-order valence-electron chi connectivity index (χ3n) is 4.25.